The van der Waals surface area contributed by atoms with Gasteiger partial charge in [0.05, 0.1) is 12.1 Å². The third-order valence-corrected chi connectivity index (χ3v) is 7.45. The van der Waals surface area contributed by atoms with Crippen LogP contribution in [-0.2, 0) is 9.30 Å². The fraction of sp³-hybridized carbons (Fsp3) is 0.435. The molecule has 32 heavy (non-hydrogen) atoms. The second kappa shape index (κ2) is 8.77. The number of carbonyl (C=O) groups is 1. The van der Waals surface area contributed by atoms with Crippen molar-refractivity contribution < 1.29 is 28.3 Å². The van der Waals surface area contributed by atoms with Crippen molar-refractivity contribution in [2.45, 2.75) is 50.9 Å². The van der Waals surface area contributed by atoms with E-state index in [1.165, 1.54) is 0 Å². The number of piperidine rings is 1. The van der Waals surface area contributed by atoms with E-state index in [1.807, 2.05) is 12.1 Å². The Morgan fingerprint density at radius 2 is 1.56 bits per heavy atom. The first-order valence-electron chi connectivity index (χ1n) is 10.7. The summed E-state index contributed by atoms with van der Waals surface area (Å²) in [5, 5.41) is 12.8. The number of carbonyl (C=O) groups excluding carboxylic acids is 1. The van der Waals surface area contributed by atoms with E-state index in [2.05, 4.69) is 5.32 Å². The van der Waals surface area contributed by atoms with E-state index in [4.69, 9.17) is 13.8 Å². The summed E-state index contributed by atoms with van der Waals surface area (Å²) in [6, 6.07) is 16.8. The summed E-state index contributed by atoms with van der Waals surface area (Å²) in [4.78, 5) is 12.4. The predicted octanol–water partition coefficient (Wildman–Crippen LogP) is 4.21. The highest BCUT2D eigenvalue weighted by Gasteiger charge is 2.70. The lowest BCUT2D eigenvalue weighted by molar-refractivity contribution is 0.0494. The molecule has 0 spiro atoms. The second-order valence-electron chi connectivity index (χ2n) is 9.07. The number of hydrogen-bond donors (Lipinski definition) is 2. The van der Waals surface area contributed by atoms with Crippen LogP contribution in [0.3, 0.4) is 0 Å². The Balaban J connectivity index is 1.58. The van der Waals surface area contributed by atoms with Gasteiger partial charge in [-0.15, -0.1) is 0 Å². The largest absolute Gasteiger partial charge is 0.516 e. The summed E-state index contributed by atoms with van der Waals surface area (Å²) >= 11 is 0. The van der Waals surface area contributed by atoms with Crippen LogP contribution in [0.5, 0.6) is 11.5 Å². The Kier molecular flexibility index (Phi) is 6.21. The van der Waals surface area contributed by atoms with Gasteiger partial charge in [0.25, 0.3) is 0 Å². The Bertz CT molecular complexity index is 935. The monoisotopic (exact) mass is 460 g/mol. The first-order chi connectivity index (χ1) is 15.2. The van der Waals surface area contributed by atoms with Crippen LogP contribution >= 0.6 is 7.75 Å². The van der Waals surface area contributed by atoms with Crippen molar-refractivity contribution in [2.75, 3.05) is 6.61 Å². The Labute approximate surface area is 188 Å². The zero-order chi connectivity index (χ0) is 22.9. The highest BCUT2D eigenvalue weighted by atomic mass is 31.2. The highest BCUT2D eigenvalue weighted by Crippen LogP contribution is 2.65. The normalized spacial score (nSPS) is 26.7. The van der Waals surface area contributed by atoms with Gasteiger partial charge in [-0.2, -0.15) is 4.67 Å². The molecular formula is C23H29N2O6P. The molecule has 2 aromatic rings. The number of ether oxygens (including phenoxy) is 1. The summed E-state index contributed by atoms with van der Waals surface area (Å²) < 4.78 is 33.0. The lowest BCUT2D eigenvalue weighted by Crippen LogP contribution is -2.42. The average Bonchev–Trinajstić information content (AvgIpc) is 3.39. The molecule has 2 aliphatic rings. The van der Waals surface area contributed by atoms with Gasteiger partial charge < -0.3 is 24.2 Å². The van der Waals surface area contributed by atoms with E-state index in [1.54, 1.807) is 74.0 Å². The maximum atomic E-state index is 14.1. The van der Waals surface area contributed by atoms with Crippen molar-refractivity contribution in [3.8, 4) is 11.5 Å². The molecule has 2 fully saturated rings. The maximum absolute atomic E-state index is 14.1. The number of benzene rings is 2. The number of alkyl carbamates (subject to hydrolysis) is 1. The standard InChI is InChI=1S/C23H29N2O6P/c1-23(2,3)29-22(27)24-19-14-16(15-26)20-21(19)25(20)32(28,30-17-10-6-4-7-11-17)31-18-12-8-5-9-13-18/h4-13,16,19-21,26H,14-15H2,1-3H3,(H,24,27)/t16-,19-,20-,21+,25?/m1/s1. The second-order valence-corrected chi connectivity index (χ2v) is 10.8. The molecule has 9 heteroatoms. The lowest BCUT2D eigenvalue weighted by atomic mass is 10.1. The van der Waals surface area contributed by atoms with Crippen molar-refractivity contribution >= 4 is 13.8 Å². The lowest BCUT2D eigenvalue weighted by Gasteiger charge is -2.27. The smallest absolute Gasteiger partial charge is 0.444 e. The number of fused-ring (bicyclic) bond motifs is 1. The van der Waals surface area contributed by atoms with Crippen molar-refractivity contribution in [3.63, 3.8) is 0 Å². The van der Waals surface area contributed by atoms with Gasteiger partial charge in [0.15, 0.2) is 0 Å². The number of hydrogen-bond acceptors (Lipinski definition) is 6. The first-order valence-corrected chi connectivity index (χ1v) is 12.2. The number of aliphatic hydroxyl groups excluding tert-OH is 1. The van der Waals surface area contributed by atoms with Gasteiger partial charge in [-0.25, -0.2) is 9.36 Å². The molecule has 4 rings (SSSR count). The van der Waals surface area contributed by atoms with Crippen molar-refractivity contribution in [2.24, 2.45) is 5.92 Å². The molecule has 5 atom stereocenters. The van der Waals surface area contributed by atoms with E-state index in [9.17, 15) is 14.5 Å². The Morgan fingerprint density at radius 3 is 2.03 bits per heavy atom. The molecule has 8 nitrogen and oxygen atoms in total. The molecule has 2 N–H and O–H groups in total. The van der Waals surface area contributed by atoms with E-state index in [-0.39, 0.29) is 30.7 Å². The van der Waals surface area contributed by atoms with E-state index in [0.717, 1.165) is 0 Å². The third-order valence-electron chi connectivity index (χ3n) is 5.47. The zero-order valence-electron chi connectivity index (χ0n) is 18.4. The molecule has 2 aromatic carbocycles. The molecular weight excluding hydrogens is 431 g/mol. The number of rotatable bonds is 7. The molecule has 1 saturated carbocycles. The molecule has 0 radical (unpaired) electrons. The van der Waals surface area contributed by atoms with Gasteiger partial charge >= 0.3 is 13.8 Å². The minimum atomic E-state index is -3.84. The summed E-state index contributed by atoms with van der Waals surface area (Å²) in [5.74, 6) is 0.648. The minimum Gasteiger partial charge on any atom is -0.444 e. The summed E-state index contributed by atoms with van der Waals surface area (Å²) in [5.41, 5.74) is -0.635. The number of nitrogens with zero attached hydrogens (tertiary/aromatic N) is 1. The van der Waals surface area contributed by atoms with Crippen molar-refractivity contribution in [1.82, 2.24) is 9.99 Å². The molecule has 1 heterocycles. The van der Waals surface area contributed by atoms with Crippen LogP contribution in [0.25, 0.3) is 0 Å². The van der Waals surface area contributed by atoms with Crippen LogP contribution < -0.4 is 14.4 Å². The predicted molar refractivity (Wildman–Crippen MR) is 120 cm³/mol. The average molecular weight is 460 g/mol. The van der Waals surface area contributed by atoms with Gasteiger partial charge in [-0.05, 0) is 51.5 Å². The highest BCUT2D eigenvalue weighted by molar-refractivity contribution is 7.52. The first kappa shape index (κ1) is 22.6. The molecule has 0 aromatic heterocycles. The molecule has 0 bridgehead atoms. The molecule has 1 aliphatic carbocycles. The fourth-order valence-corrected chi connectivity index (χ4v) is 6.45. The van der Waals surface area contributed by atoms with Gasteiger partial charge in [0.2, 0.25) is 0 Å². The van der Waals surface area contributed by atoms with E-state index >= 15 is 0 Å². The topological polar surface area (TPSA) is 97.1 Å². The van der Waals surface area contributed by atoms with Crippen molar-refractivity contribution in [3.05, 3.63) is 60.7 Å². The van der Waals surface area contributed by atoms with Gasteiger partial charge in [0, 0.05) is 18.6 Å². The van der Waals surface area contributed by atoms with E-state index in [0.29, 0.717) is 17.9 Å². The Morgan fingerprint density at radius 1 is 1.03 bits per heavy atom. The van der Waals surface area contributed by atoms with Crippen LogP contribution in [-0.4, -0.2) is 46.2 Å². The zero-order valence-corrected chi connectivity index (χ0v) is 19.3. The fourth-order valence-electron chi connectivity index (χ4n) is 4.23. The minimum absolute atomic E-state index is 0.0964. The van der Waals surface area contributed by atoms with Gasteiger partial charge in [-0.3, -0.25) is 0 Å². The molecule has 172 valence electrons. The third kappa shape index (κ3) is 4.93. The number of amides is 1. The van der Waals surface area contributed by atoms with E-state index < -0.39 is 19.4 Å². The SMILES string of the molecule is CC(C)(C)OC(=O)N[C@@H]1C[C@H](CO)[C@@H]2[C@H]1N2P(=O)(Oc1ccccc1)Oc1ccccc1. The number of aliphatic hydroxyl groups is 1. The van der Waals surface area contributed by atoms with Crippen LogP contribution in [0.2, 0.25) is 0 Å². The summed E-state index contributed by atoms with van der Waals surface area (Å²) in [7, 11) is -3.84. The van der Waals surface area contributed by atoms with Crippen LogP contribution in [0.4, 0.5) is 4.79 Å². The Hall–Kier alpha value is -2.54. The van der Waals surface area contributed by atoms with Crippen LogP contribution in [0, 0.1) is 5.92 Å². The molecule has 1 saturated heterocycles. The van der Waals surface area contributed by atoms with Crippen LogP contribution in [0.1, 0.15) is 27.2 Å². The number of para-hydroxylation sites is 2. The molecule has 1 unspecified atom stereocenters. The summed E-state index contributed by atoms with van der Waals surface area (Å²) in [6.45, 7) is 5.28. The maximum Gasteiger partial charge on any atom is 0.516 e. The molecule has 1 amide bonds. The quantitative estimate of drug-likeness (QED) is 0.472. The van der Waals surface area contributed by atoms with Crippen LogP contribution in [0.15, 0.2) is 60.7 Å². The molecule has 1 aliphatic heterocycles. The number of nitrogens with one attached hydrogen (secondary N) is 1. The van der Waals surface area contributed by atoms with Gasteiger partial charge in [0.1, 0.15) is 17.1 Å². The summed E-state index contributed by atoms with van der Waals surface area (Å²) in [6.07, 6.45) is 0.00704. The van der Waals surface area contributed by atoms with Crippen molar-refractivity contribution in [1.29, 1.82) is 0 Å². The van der Waals surface area contributed by atoms with Gasteiger partial charge in [-0.1, -0.05) is 36.4 Å².